The van der Waals surface area contributed by atoms with E-state index in [0.29, 0.717) is 0 Å². The molecule has 0 N–H and O–H groups in total. The fourth-order valence-corrected chi connectivity index (χ4v) is 10.4. The molecular formula is C19H24BiNO. The average molecular weight is 491 g/mol. The summed E-state index contributed by atoms with van der Waals surface area (Å²) in [5, 5.41) is 0. The topological polar surface area (TPSA) is 12.5 Å². The summed E-state index contributed by atoms with van der Waals surface area (Å²) >= 11 is -2.33. The van der Waals surface area contributed by atoms with Crippen molar-refractivity contribution in [2.45, 2.75) is 39.4 Å². The SMILES string of the molecule is C[O][Bi]1[c]2ccccc2CN(C(C)(C)C)Cc2cccc[c]21. The van der Waals surface area contributed by atoms with Gasteiger partial charge in [-0.15, -0.1) is 0 Å². The van der Waals surface area contributed by atoms with Crippen LogP contribution < -0.4 is 6.54 Å². The van der Waals surface area contributed by atoms with Crippen LogP contribution in [0, 0.1) is 0 Å². The molecule has 2 aromatic carbocycles. The second kappa shape index (κ2) is 6.39. The van der Waals surface area contributed by atoms with Crippen LogP contribution in [0.3, 0.4) is 0 Å². The number of fused-ring (bicyclic) bond motifs is 2. The van der Waals surface area contributed by atoms with Gasteiger partial charge in [0.1, 0.15) is 0 Å². The summed E-state index contributed by atoms with van der Waals surface area (Å²) in [6.45, 7) is 8.91. The summed E-state index contributed by atoms with van der Waals surface area (Å²) in [7, 11) is 1.90. The molecule has 0 atom stereocenters. The molecule has 0 unspecified atom stereocenters. The van der Waals surface area contributed by atoms with Gasteiger partial charge in [0.05, 0.1) is 0 Å². The molecule has 0 radical (unpaired) electrons. The predicted octanol–water partition coefficient (Wildman–Crippen LogP) is 2.55. The van der Waals surface area contributed by atoms with Gasteiger partial charge in [-0.1, -0.05) is 0 Å². The molecule has 116 valence electrons. The number of rotatable bonds is 1. The van der Waals surface area contributed by atoms with E-state index in [-0.39, 0.29) is 5.54 Å². The summed E-state index contributed by atoms with van der Waals surface area (Å²) in [5.41, 5.74) is 3.05. The van der Waals surface area contributed by atoms with Crippen molar-refractivity contribution in [3.05, 3.63) is 59.7 Å². The third-order valence-corrected chi connectivity index (χ3v) is 12.5. The minimum atomic E-state index is -2.33. The first-order chi connectivity index (χ1) is 10.5. The van der Waals surface area contributed by atoms with E-state index in [1.807, 2.05) is 7.11 Å². The van der Waals surface area contributed by atoms with Crippen LogP contribution in [0.15, 0.2) is 48.5 Å². The average Bonchev–Trinajstić information content (AvgIpc) is 2.47. The van der Waals surface area contributed by atoms with Crippen molar-refractivity contribution >= 4 is 28.7 Å². The predicted molar refractivity (Wildman–Crippen MR) is 93.9 cm³/mol. The van der Waals surface area contributed by atoms with Crippen LogP contribution in [0.2, 0.25) is 0 Å². The van der Waals surface area contributed by atoms with E-state index in [4.69, 9.17) is 2.81 Å². The fourth-order valence-electron chi connectivity index (χ4n) is 2.95. The van der Waals surface area contributed by atoms with Crippen LogP contribution in [0.4, 0.5) is 0 Å². The molecule has 0 saturated carbocycles. The standard InChI is InChI=1S/C18H21N.CH3O.Bi/c1-18(2,3)19(14-16-10-6-4-7-11-16)15-17-12-8-5-9-13-17;1-2;/h4-10,12H,14-15H2,1-3H3;1H3;/q;-1;+1. The Morgan fingerprint density at radius 2 is 1.32 bits per heavy atom. The Kier molecular flexibility index (Phi) is 4.68. The third kappa shape index (κ3) is 3.13. The molecule has 2 nitrogen and oxygen atoms in total. The molecule has 0 aromatic heterocycles. The van der Waals surface area contributed by atoms with Crippen LogP contribution >= 0.6 is 0 Å². The maximum absolute atomic E-state index is 6.09. The van der Waals surface area contributed by atoms with Crippen molar-refractivity contribution in [1.82, 2.24) is 4.90 Å². The van der Waals surface area contributed by atoms with Gasteiger partial charge in [0, 0.05) is 0 Å². The zero-order valence-corrected chi connectivity index (χ0v) is 17.3. The van der Waals surface area contributed by atoms with Crippen LogP contribution in [0.1, 0.15) is 31.9 Å². The first-order valence-electron chi connectivity index (χ1n) is 7.76. The second-order valence-electron chi connectivity index (χ2n) is 6.76. The van der Waals surface area contributed by atoms with Gasteiger partial charge in [-0.3, -0.25) is 0 Å². The molecule has 3 rings (SSSR count). The van der Waals surface area contributed by atoms with Gasteiger partial charge >= 0.3 is 143 Å². The molecule has 1 aliphatic rings. The number of hydrogen-bond donors (Lipinski definition) is 0. The van der Waals surface area contributed by atoms with Crippen LogP contribution in [0.5, 0.6) is 0 Å². The molecule has 2 aromatic rings. The van der Waals surface area contributed by atoms with Crippen LogP contribution in [-0.4, -0.2) is 39.7 Å². The molecule has 0 aliphatic carbocycles. The van der Waals surface area contributed by atoms with Crippen molar-refractivity contribution in [3.8, 4) is 0 Å². The van der Waals surface area contributed by atoms with Crippen LogP contribution in [0.25, 0.3) is 0 Å². The maximum atomic E-state index is 6.09. The number of benzene rings is 2. The Hall–Kier alpha value is -0.757. The third-order valence-electron chi connectivity index (χ3n) is 4.27. The van der Waals surface area contributed by atoms with Gasteiger partial charge < -0.3 is 0 Å². The van der Waals surface area contributed by atoms with Gasteiger partial charge in [-0.25, -0.2) is 0 Å². The number of nitrogens with zero attached hydrogens (tertiary/aromatic N) is 1. The van der Waals surface area contributed by atoms with E-state index < -0.39 is 22.2 Å². The molecule has 0 spiro atoms. The van der Waals surface area contributed by atoms with Gasteiger partial charge in [-0.2, -0.15) is 0 Å². The Morgan fingerprint density at radius 3 is 1.73 bits per heavy atom. The zero-order chi connectivity index (χ0) is 15.7. The van der Waals surface area contributed by atoms with Crippen LogP contribution in [-0.2, 0) is 15.9 Å². The van der Waals surface area contributed by atoms with E-state index in [0.717, 1.165) is 13.1 Å². The molecule has 3 heteroatoms. The summed E-state index contributed by atoms with van der Waals surface area (Å²) in [4.78, 5) is 2.57. The van der Waals surface area contributed by atoms with Crippen molar-refractivity contribution < 1.29 is 2.81 Å². The van der Waals surface area contributed by atoms with E-state index in [1.54, 1.807) is 0 Å². The summed E-state index contributed by atoms with van der Waals surface area (Å²) < 4.78 is 9.06. The Morgan fingerprint density at radius 1 is 0.864 bits per heavy atom. The van der Waals surface area contributed by atoms with E-state index >= 15 is 0 Å². The van der Waals surface area contributed by atoms with Crippen molar-refractivity contribution in [2.75, 3.05) is 7.11 Å². The molecular weight excluding hydrogens is 467 g/mol. The fraction of sp³-hybridized carbons (Fsp3) is 0.368. The molecule has 0 fully saturated rings. The van der Waals surface area contributed by atoms with Gasteiger partial charge in [0.25, 0.3) is 0 Å². The van der Waals surface area contributed by atoms with Gasteiger partial charge in [0.15, 0.2) is 0 Å². The van der Waals surface area contributed by atoms with E-state index in [2.05, 4.69) is 74.2 Å². The monoisotopic (exact) mass is 491 g/mol. The number of hydrogen-bond acceptors (Lipinski definition) is 2. The van der Waals surface area contributed by atoms with Gasteiger partial charge in [-0.05, 0) is 0 Å². The first kappa shape index (κ1) is 16.1. The minimum absolute atomic E-state index is 0.148. The zero-order valence-electron chi connectivity index (χ0n) is 13.8. The van der Waals surface area contributed by atoms with Crippen molar-refractivity contribution in [2.24, 2.45) is 0 Å². The van der Waals surface area contributed by atoms with Crippen molar-refractivity contribution in [1.29, 1.82) is 0 Å². The second-order valence-corrected chi connectivity index (χ2v) is 14.2. The molecule has 22 heavy (non-hydrogen) atoms. The van der Waals surface area contributed by atoms with E-state index in [1.165, 1.54) is 17.7 Å². The Bertz CT molecular complexity index is 613. The molecule has 1 aliphatic heterocycles. The first-order valence-corrected chi connectivity index (χ1v) is 12.7. The molecule has 0 amide bonds. The summed E-state index contributed by atoms with van der Waals surface area (Å²) in [6, 6.07) is 17.8. The summed E-state index contributed by atoms with van der Waals surface area (Å²) in [6.07, 6.45) is 0. The normalized spacial score (nSPS) is 16.5. The Balaban J connectivity index is 2.18. The molecule has 1 heterocycles. The molecule has 0 bridgehead atoms. The van der Waals surface area contributed by atoms with E-state index in [9.17, 15) is 0 Å². The summed E-state index contributed by atoms with van der Waals surface area (Å²) in [5.74, 6) is 0. The van der Waals surface area contributed by atoms with Gasteiger partial charge in [0.2, 0.25) is 0 Å². The quantitative estimate of drug-likeness (QED) is 0.569. The van der Waals surface area contributed by atoms with Crippen molar-refractivity contribution in [3.63, 3.8) is 0 Å². The Labute approximate surface area is 142 Å². The molecule has 0 saturated heterocycles.